The van der Waals surface area contributed by atoms with Crippen LogP contribution in [0.1, 0.15) is 11.6 Å². The monoisotopic (exact) mass is 166 g/mol. The van der Waals surface area contributed by atoms with Crippen molar-refractivity contribution >= 4 is 6.34 Å². The van der Waals surface area contributed by atoms with Crippen LogP contribution in [0.2, 0.25) is 0 Å². The Hall–Kier alpha value is -1.52. The molecular formula is C7H10N4O. The summed E-state index contributed by atoms with van der Waals surface area (Å²) in [6.45, 7) is 0.558. The highest BCUT2D eigenvalue weighted by Gasteiger charge is 2.14. The summed E-state index contributed by atoms with van der Waals surface area (Å²) in [4.78, 5) is 4.92. The van der Waals surface area contributed by atoms with Crippen LogP contribution in [0.4, 0.5) is 0 Å². The predicted molar refractivity (Wildman–Crippen MR) is 43.5 cm³/mol. The molecule has 0 amide bonds. The quantitative estimate of drug-likeness (QED) is 0.640. The molecule has 2 rings (SSSR count). The molecule has 0 aliphatic carbocycles. The number of rotatable bonds is 1. The summed E-state index contributed by atoms with van der Waals surface area (Å²) in [6, 6.07) is 0.177. The summed E-state index contributed by atoms with van der Waals surface area (Å²) >= 11 is 0. The van der Waals surface area contributed by atoms with Gasteiger partial charge in [0.2, 0.25) is 0 Å². The van der Waals surface area contributed by atoms with Gasteiger partial charge in [0, 0.05) is 18.8 Å². The number of oxime groups is 1. The summed E-state index contributed by atoms with van der Waals surface area (Å²) in [5.74, 6) is 0. The Morgan fingerprint density at radius 2 is 2.67 bits per heavy atom. The first-order valence-electron chi connectivity index (χ1n) is 3.74. The Labute approximate surface area is 70.0 Å². The van der Waals surface area contributed by atoms with E-state index < -0.39 is 0 Å². The summed E-state index contributed by atoms with van der Waals surface area (Å²) in [7, 11) is 1.89. The topological polar surface area (TPSA) is 51.4 Å². The second kappa shape index (κ2) is 2.84. The van der Waals surface area contributed by atoms with Gasteiger partial charge in [-0.25, -0.2) is 0 Å². The van der Waals surface area contributed by atoms with E-state index in [-0.39, 0.29) is 6.04 Å². The van der Waals surface area contributed by atoms with Crippen molar-refractivity contribution < 1.29 is 4.84 Å². The maximum Gasteiger partial charge on any atom is 0.141 e. The van der Waals surface area contributed by atoms with Crippen LogP contribution in [0.25, 0.3) is 0 Å². The second-order valence-corrected chi connectivity index (χ2v) is 2.70. The molecule has 0 spiro atoms. The van der Waals surface area contributed by atoms with Crippen LogP contribution in [0.15, 0.2) is 17.5 Å². The van der Waals surface area contributed by atoms with Gasteiger partial charge >= 0.3 is 0 Å². The van der Waals surface area contributed by atoms with E-state index >= 15 is 0 Å². The third-order valence-electron chi connectivity index (χ3n) is 1.77. The van der Waals surface area contributed by atoms with E-state index in [1.165, 1.54) is 0 Å². The molecule has 0 bridgehead atoms. The molecule has 5 nitrogen and oxygen atoms in total. The minimum atomic E-state index is 0.177. The van der Waals surface area contributed by atoms with Crippen LogP contribution in [0.3, 0.4) is 0 Å². The standard InChI is InChI=1S/C7H10N4O/c1-11-3-6(2-9-11)7-4-12-10-5-8-7/h2-3,5,7H,4H2,1H3,(H,8,10). The number of nitrogens with one attached hydrogen (secondary N) is 1. The van der Waals surface area contributed by atoms with Crippen molar-refractivity contribution in [3.8, 4) is 0 Å². The molecule has 5 heteroatoms. The Kier molecular flexibility index (Phi) is 1.69. The summed E-state index contributed by atoms with van der Waals surface area (Å²) in [5.41, 5.74) is 1.11. The fourth-order valence-electron chi connectivity index (χ4n) is 1.14. The minimum Gasteiger partial charge on any atom is -0.392 e. The third-order valence-corrected chi connectivity index (χ3v) is 1.77. The lowest BCUT2D eigenvalue weighted by Crippen LogP contribution is -2.27. The number of aromatic nitrogens is 2. The van der Waals surface area contributed by atoms with E-state index in [1.54, 1.807) is 11.0 Å². The predicted octanol–water partition coefficient (Wildman–Crippen LogP) is 0.0243. The van der Waals surface area contributed by atoms with Crippen molar-refractivity contribution in [1.29, 1.82) is 0 Å². The summed E-state index contributed by atoms with van der Waals surface area (Å²) < 4.78 is 1.77. The average molecular weight is 166 g/mol. The lowest BCUT2D eigenvalue weighted by atomic mass is 10.2. The van der Waals surface area contributed by atoms with Crippen LogP contribution >= 0.6 is 0 Å². The van der Waals surface area contributed by atoms with E-state index in [0.29, 0.717) is 6.61 Å². The molecule has 0 fully saturated rings. The van der Waals surface area contributed by atoms with E-state index in [9.17, 15) is 0 Å². The van der Waals surface area contributed by atoms with Gasteiger partial charge in [-0.15, -0.1) is 0 Å². The van der Waals surface area contributed by atoms with Gasteiger partial charge in [-0.3, -0.25) is 4.68 Å². The molecule has 1 aliphatic heterocycles. The average Bonchev–Trinajstić information content (AvgIpc) is 2.54. The van der Waals surface area contributed by atoms with E-state index in [2.05, 4.69) is 15.6 Å². The van der Waals surface area contributed by atoms with Crippen LogP contribution in [-0.4, -0.2) is 22.7 Å². The Morgan fingerprint density at radius 1 is 1.75 bits per heavy atom. The van der Waals surface area contributed by atoms with Crippen molar-refractivity contribution in [3.63, 3.8) is 0 Å². The highest BCUT2D eigenvalue weighted by atomic mass is 16.6. The second-order valence-electron chi connectivity index (χ2n) is 2.70. The molecule has 0 saturated heterocycles. The van der Waals surface area contributed by atoms with Gasteiger partial charge in [-0.1, -0.05) is 5.16 Å². The van der Waals surface area contributed by atoms with Crippen molar-refractivity contribution in [1.82, 2.24) is 15.1 Å². The molecule has 1 unspecified atom stereocenters. The van der Waals surface area contributed by atoms with Gasteiger partial charge < -0.3 is 10.2 Å². The zero-order valence-electron chi connectivity index (χ0n) is 6.77. The van der Waals surface area contributed by atoms with Gasteiger partial charge in [-0.2, -0.15) is 5.10 Å². The minimum absolute atomic E-state index is 0.177. The maximum absolute atomic E-state index is 4.92. The van der Waals surface area contributed by atoms with Crippen molar-refractivity contribution in [2.75, 3.05) is 6.61 Å². The fraction of sp³-hybridized carbons (Fsp3) is 0.429. The summed E-state index contributed by atoms with van der Waals surface area (Å²) in [6.07, 6.45) is 5.33. The van der Waals surface area contributed by atoms with Crippen molar-refractivity contribution in [2.24, 2.45) is 12.2 Å². The zero-order valence-corrected chi connectivity index (χ0v) is 6.77. The lowest BCUT2D eigenvalue weighted by Gasteiger charge is -2.17. The molecule has 0 saturated carbocycles. The summed E-state index contributed by atoms with van der Waals surface area (Å²) in [5, 5.41) is 10.7. The zero-order chi connectivity index (χ0) is 8.39. The van der Waals surface area contributed by atoms with E-state index in [4.69, 9.17) is 4.84 Å². The van der Waals surface area contributed by atoms with Crippen LogP contribution < -0.4 is 5.32 Å². The normalized spacial score (nSPS) is 21.6. The first-order valence-corrected chi connectivity index (χ1v) is 3.74. The highest BCUT2D eigenvalue weighted by molar-refractivity contribution is 5.55. The number of aryl methyl sites for hydroxylation is 1. The number of hydrogen-bond acceptors (Lipinski definition) is 4. The molecule has 1 aromatic rings. The molecular weight excluding hydrogens is 156 g/mol. The largest absolute Gasteiger partial charge is 0.392 e. The molecule has 64 valence electrons. The van der Waals surface area contributed by atoms with Gasteiger partial charge in [0.15, 0.2) is 0 Å². The highest BCUT2D eigenvalue weighted by Crippen LogP contribution is 2.12. The van der Waals surface area contributed by atoms with Crippen LogP contribution in [0.5, 0.6) is 0 Å². The molecule has 1 aromatic heterocycles. The van der Waals surface area contributed by atoms with Crippen molar-refractivity contribution in [3.05, 3.63) is 18.0 Å². The molecule has 0 radical (unpaired) electrons. The fourth-order valence-corrected chi connectivity index (χ4v) is 1.14. The van der Waals surface area contributed by atoms with Gasteiger partial charge in [0.25, 0.3) is 0 Å². The molecule has 1 N–H and O–H groups in total. The SMILES string of the molecule is Cn1cc(C2CON=CN2)cn1. The maximum atomic E-state index is 4.92. The van der Waals surface area contributed by atoms with E-state index in [1.807, 2.05) is 19.4 Å². The molecule has 1 atom stereocenters. The van der Waals surface area contributed by atoms with Gasteiger partial charge in [0.1, 0.15) is 12.9 Å². The Morgan fingerprint density at radius 3 is 3.25 bits per heavy atom. The Bertz CT molecular complexity index is 293. The van der Waals surface area contributed by atoms with Gasteiger partial charge in [-0.05, 0) is 0 Å². The Balaban J connectivity index is 2.14. The van der Waals surface area contributed by atoms with Gasteiger partial charge in [0.05, 0.1) is 12.2 Å². The number of hydrogen-bond donors (Lipinski definition) is 1. The lowest BCUT2D eigenvalue weighted by molar-refractivity contribution is 0.112. The smallest absolute Gasteiger partial charge is 0.141 e. The first-order chi connectivity index (χ1) is 5.86. The van der Waals surface area contributed by atoms with Crippen molar-refractivity contribution in [2.45, 2.75) is 6.04 Å². The molecule has 2 heterocycles. The molecule has 0 aromatic carbocycles. The number of nitrogens with zero attached hydrogens (tertiary/aromatic N) is 3. The van der Waals surface area contributed by atoms with Crippen LogP contribution in [0, 0.1) is 0 Å². The molecule has 1 aliphatic rings. The molecule has 12 heavy (non-hydrogen) atoms. The van der Waals surface area contributed by atoms with E-state index in [0.717, 1.165) is 5.56 Å². The third kappa shape index (κ3) is 1.25. The first kappa shape index (κ1) is 7.15. The van der Waals surface area contributed by atoms with Crippen LogP contribution in [-0.2, 0) is 11.9 Å².